The van der Waals surface area contributed by atoms with E-state index in [1.807, 2.05) is 13.0 Å². The summed E-state index contributed by atoms with van der Waals surface area (Å²) >= 11 is 7.41. The number of thiazole rings is 1. The Morgan fingerprint density at radius 3 is 2.81 bits per heavy atom. The molecule has 3 heterocycles. The highest BCUT2D eigenvalue weighted by atomic mass is 35.5. The van der Waals surface area contributed by atoms with E-state index in [1.54, 1.807) is 61.7 Å². The fourth-order valence-corrected chi connectivity index (χ4v) is 6.14. The summed E-state index contributed by atoms with van der Waals surface area (Å²) < 4.78 is 12.0. The molecular formula is C28H21ClN2O5S. The van der Waals surface area contributed by atoms with Crippen molar-refractivity contribution >= 4 is 55.7 Å². The summed E-state index contributed by atoms with van der Waals surface area (Å²) in [7, 11) is 1.54. The molecule has 0 radical (unpaired) electrons. The minimum Gasteiger partial charge on any atom is -0.507 e. The molecule has 2 atom stereocenters. The van der Waals surface area contributed by atoms with Gasteiger partial charge in [0.05, 0.1) is 28.9 Å². The number of hydrogen-bond donors (Lipinski definition) is 1. The summed E-state index contributed by atoms with van der Waals surface area (Å²) in [6.07, 6.45) is 0.723. The highest BCUT2D eigenvalue weighted by molar-refractivity contribution is 7.22. The van der Waals surface area contributed by atoms with Crippen LogP contribution in [0, 0.1) is 0 Å². The number of fused-ring (bicyclic) bond motifs is 2. The Labute approximate surface area is 221 Å². The number of aromatic nitrogens is 1. The predicted octanol–water partition coefficient (Wildman–Crippen LogP) is 5.91. The van der Waals surface area contributed by atoms with Crippen LogP contribution in [0.3, 0.4) is 0 Å². The first-order chi connectivity index (χ1) is 17.8. The lowest BCUT2D eigenvalue weighted by Crippen LogP contribution is -2.29. The summed E-state index contributed by atoms with van der Waals surface area (Å²) in [4.78, 5) is 32.9. The van der Waals surface area contributed by atoms with Crippen LogP contribution >= 0.6 is 22.9 Å². The van der Waals surface area contributed by atoms with Gasteiger partial charge in [0.25, 0.3) is 5.78 Å². The number of halogens is 1. The van der Waals surface area contributed by atoms with Gasteiger partial charge in [0.2, 0.25) is 0 Å². The summed E-state index contributed by atoms with van der Waals surface area (Å²) in [5.74, 6) is -0.490. The molecule has 0 bridgehead atoms. The van der Waals surface area contributed by atoms with Crippen LogP contribution in [0.15, 0.2) is 66.2 Å². The van der Waals surface area contributed by atoms with Crippen molar-refractivity contribution in [2.75, 3.05) is 12.0 Å². The van der Waals surface area contributed by atoms with Gasteiger partial charge in [-0.2, -0.15) is 0 Å². The second-order valence-corrected chi connectivity index (χ2v) is 10.5. The maximum atomic E-state index is 13.5. The Morgan fingerprint density at radius 2 is 2.00 bits per heavy atom. The molecule has 0 aliphatic carbocycles. The molecule has 186 valence electrons. The topological polar surface area (TPSA) is 89.0 Å². The van der Waals surface area contributed by atoms with Gasteiger partial charge in [0.15, 0.2) is 5.13 Å². The Hall–Kier alpha value is -3.88. The molecule has 0 saturated carbocycles. The quantitative estimate of drug-likeness (QED) is 0.200. The highest BCUT2D eigenvalue weighted by Gasteiger charge is 2.48. The van der Waals surface area contributed by atoms with E-state index in [-0.39, 0.29) is 17.4 Å². The first-order valence-corrected chi connectivity index (χ1v) is 12.8. The van der Waals surface area contributed by atoms with E-state index < -0.39 is 17.7 Å². The third kappa shape index (κ3) is 3.93. The Balaban J connectivity index is 1.54. The van der Waals surface area contributed by atoms with Gasteiger partial charge in [-0.25, -0.2) is 4.98 Å². The van der Waals surface area contributed by atoms with Crippen molar-refractivity contribution in [3.05, 3.63) is 87.9 Å². The molecule has 6 rings (SSSR count). The number of aliphatic hydroxyl groups is 1. The minimum atomic E-state index is -0.908. The van der Waals surface area contributed by atoms with Crippen molar-refractivity contribution in [3.8, 4) is 11.5 Å². The summed E-state index contributed by atoms with van der Waals surface area (Å²) in [5, 5.41) is 12.4. The van der Waals surface area contributed by atoms with Crippen LogP contribution in [0.5, 0.6) is 11.5 Å². The molecule has 2 aliphatic heterocycles. The molecule has 2 aliphatic rings. The zero-order chi connectivity index (χ0) is 25.8. The van der Waals surface area contributed by atoms with Crippen molar-refractivity contribution in [1.29, 1.82) is 0 Å². The number of nitrogens with zero attached hydrogens (tertiary/aromatic N) is 2. The zero-order valence-corrected chi connectivity index (χ0v) is 21.5. The molecule has 7 nitrogen and oxygen atoms in total. The van der Waals surface area contributed by atoms with E-state index in [0.29, 0.717) is 39.0 Å². The lowest BCUT2D eigenvalue weighted by molar-refractivity contribution is -0.132. The SMILES string of the molecule is COc1cccc([C@H]2C(=C(O)c3ccc4c(c3)C[C@@H](C)O4)C(=O)C(=O)N2c2nc3ccc(Cl)cc3s2)c1. The number of ether oxygens (including phenoxy) is 2. The normalized spacial score (nSPS) is 20.4. The molecular weight excluding hydrogens is 512 g/mol. The van der Waals surface area contributed by atoms with E-state index in [1.165, 1.54) is 16.2 Å². The van der Waals surface area contributed by atoms with E-state index in [2.05, 4.69) is 4.98 Å². The van der Waals surface area contributed by atoms with E-state index in [4.69, 9.17) is 21.1 Å². The lowest BCUT2D eigenvalue weighted by atomic mass is 9.94. The van der Waals surface area contributed by atoms with Crippen molar-refractivity contribution in [2.24, 2.45) is 0 Å². The van der Waals surface area contributed by atoms with E-state index >= 15 is 0 Å². The minimum absolute atomic E-state index is 0.0116. The van der Waals surface area contributed by atoms with Crippen LogP contribution < -0.4 is 14.4 Å². The predicted molar refractivity (Wildman–Crippen MR) is 143 cm³/mol. The van der Waals surface area contributed by atoms with Crippen LogP contribution in [0.2, 0.25) is 5.02 Å². The number of benzene rings is 3. The number of Topliss-reactive ketones (excluding diaryl/α,β-unsaturated/α-hetero) is 1. The van der Waals surface area contributed by atoms with Crippen molar-refractivity contribution in [2.45, 2.75) is 25.5 Å². The van der Waals surface area contributed by atoms with E-state index in [9.17, 15) is 14.7 Å². The molecule has 1 N–H and O–H groups in total. The molecule has 1 fully saturated rings. The maximum Gasteiger partial charge on any atom is 0.301 e. The van der Waals surface area contributed by atoms with Gasteiger partial charge >= 0.3 is 5.91 Å². The number of aliphatic hydroxyl groups excluding tert-OH is 1. The molecule has 0 spiro atoms. The van der Waals surface area contributed by atoms with Crippen molar-refractivity contribution < 1.29 is 24.2 Å². The summed E-state index contributed by atoms with van der Waals surface area (Å²) in [5.41, 5.74) is 2.63. The van der Waals surface area contributed by atoms with Gasteiger partial charge < -0.3 is 14.6 Å². The molecule has 4 aromatic rings. The van der Waals surface area contributed by atoms with Crippen LogP contribution in [-0.4, -0.2) is 35.0 Å². The Bertz CT molecular complexity index is 1630. The largest absolute Gasteiger partial charge is 0.507 e. The molecule has 1 aromatic heterocycles. The fraction of sp³-hybridized carbons (Fsp3) is 0.179. The van der Waals surface area contributed by atoms with Gasteiger partial charge in [-0.15, -0.1) is 0 Å². The van der Waals surface area contributed by atoms with E-state index in [0.717, 1.165) is 16.0 Å². The monoisotopic (exact) mass is 532 g/mol. The fourth-order valence-electron chi connectivity index (χ4n) is 4.87. The Morgan fingerprint density at radius 1 is 1.16 bits per heavy atom. The van der Waals surface area contributed by atoms with Crippen LogP contribution in [-0.2, 0) is 16.0 Å². The van der Waals surface area contributed by atoms with Crippen molar-refractivity contribution in [3.63, 3.8) is 0 Å². The first-order valence-electron chi connectivity index (χ1n) is 11.6. The number of rotatable bonds is 4. The first kappa shape index (κ1) is 23.5. The smallest absolute Gasteiger partial charge is 0.301 e. The third-order valence-electron chi connectivity index (χ3n) is 6.57. The number of anilines is 1. The third-order valence-corrected chi connectivity index (χ3v) is 7.82. The van der Waals surface area contributed by atoms with Crippen LogP contribution in [0.4, 0.5) is 5.13 Å². The van der Waals surface area contributed by atoms with Gasteiger partial charge in [0, 0.05) is 17.0 Å². The van der Waals surface area contributed by atoms with Gasteiger partial charge in [-0.1, -0.05) is 35.1 Å². The summed E-state index contributed by atoms with van der Waals surface area (Å²) in [6.45, 7) is 1.97. The lowest BCUT2D eigenvalue weighted by Gasteiger charge is -2.23. The van der Waals surface area contributed by atoms with Gasteiger partial charge in [0.1, 0.15) is 23.4 Å². The molecule has 37 heavy (non-hydrogen) atoms. The highest BCUT2D eigenvalue weighted by Crippen LogP contribution is 2.45. The molecule has 9 heteroatoms. The number of hydrogen-bond acceptors (Lipinski definition) is 7. The molecule has 0 unspecified atom stereocenters. The molecule has 3 aromatic carbocycles. The maximum absolute atomic E-state index is 13.5. The second-order valence-electron chi connectivity index (χ2n) is 9.01. The number of carbonyl (C=O) groups is 2. The van der Waals surface area contributed by atoms with Gasteiger partial charge in [-0.3, -0.25) is 14.5 Å². The van der Waals surface area contributed by atoms with Crippen LogP contribution in [0.25, 0.3) is 16.0 Å². The molecule has 1 amide bonds. The average Bonchev–Trinajstić information content (AvgIpc) is 3.55. The standard InChI is InChI=1S/C28H21ClN2O5S/c1-14-10-17-11-16(6-9-21(17)36-14)25(32)23-24(15-4-3-5-19(12-15)35-2)31(27(34)26(23)33)28-30-20-8-7-18(29)13-22(20)37-28/h3-9,11-14,24,32H,10H2,1-2H3/t14-,24+/m1/s1. The number of carbonyl (C=O) groups excluding carboxylic acids is 2. The number of amides is 1. The average molecular weight is 533 g/mol. The summed E-state index contributed by atoms with van der Waals surface area (Å²) in [6, 6.07) is 16.7. The zero-order valence-electron chi connectivity index (χ0n) is 19.9. The number of methoxy groups -OCH3 is 1. The molecule has 1 saturated heterocycles. The second kappa shape index (κ2) is 8.90. The Kier molecular flexibility index (Phi) is 5.66. The van der Waals surface area contributed by atoms with Gasteiger partial charge in [-0.05, 0) is 66.6 Å². The van der Waals surface area contributed by atoms with Crippen molar-refractivity contribution in [1.82, 2.24) is 4.98 Å². The number of ketones is 1. The van der Waals surface area contributed by atoms with Crippen LogP contribution in [0.1, 0.15) is 29.7 Å².